The zero-order valence-corrected chi connectivity index (χ0v) is 43.5. The molecule has 33 heteroatoms. The number of carboxylic acids is 1. The van der Waals surface area contributed by atoms with E-state index in [4.69, 9.17) is 24.6 Å². The van der Waals surface area contributed by atoms with Gasteiger partial charge in [-0.05, 0) is 25.7 Å². The number of aliphatic hydroxyl groups excluding tert-OH is 4. The number of carbonyl (C=O) groups excluding carboxylic acids is 4. The van der Waals surface area contributed by atoms with Gasteiger partial charge in [-0.1, -0.05) is 74.2 Å². The number of imidazole rings is 1. The Morgan fingerprint density at radius 1 is 0.905 bits per heavy atom. The van der Waals surface area contributed by atoms with Gasteiger partial charge in [0.05, 0.1) is 38.2 Å². The maximum absolute atomic E-state index is 12.7. The average molecular weight is 1130 g/mol. The molecule has 3 rings (SSSR count). The summed E-state index contributed by atoms with van der Waals surface area (Å²) < 4.78 is 62.3. The first kappa shape index (κ1) is 63.9. The van der Waals surface area contributed by atoms with E-state index in [1.54, 1.807) is 42.5 Å². The number of hydrogen-bond acceptors (Lipinski definition) is 22. The Morgan fingerprint density at radius 2 is 1.58 bits per heavy atom. The Morgan fingerprint density at radius 3 is 2.26 bits per heavy atom. The molecule has 1 aliphatic rings. The number of thioether (sulfide) groups is 1. The summed E-state index contributed by atoms with van der Waals surface area (Å²) in [5.74, 6) is -2.70. The van der Waals surface area contributed by atoms with Crippen molar-refractivity contribution in [2.75, 3.05) is 37.8 Å². The number of ketones is 1. The highest BCUT2D eigenvalue weighted by Crippen LogP contribution is 2.61. The summed E-state index contributed by atoms with van der Waals surface area (Å²) in [5.41, 5.74) is 4.18. The molecule has 0 aliphatic carbocycles. The Bertz CT molecular complexity index is 2490. The van der Waals surface area contributed by atoms with E-state index >= 15 is 0 Å². The van der Waals surface area contributed by atoms with Crippen LogP contribution in [0.5, 0.6) is 0 Å². The second-order valence-corrected chi connectivity index (χ2v) is 22.2. The number of nitrogens with two attached hydrogens (primary N) is 1. The van der Waals surface area contributed by atoms with E-state index in [1.165, 1.54) is 19.9 Å². The van der Waals surface area contributed by atoms with Gasteiger partial charge in [-0.3, -0.25) is 42.1 Å². The van der Waals surface area contributed by atoms with E-state index in [0.717, 1.165) is 29.0 Å². The molecular formula is C41H62N7O22P3S. The molecule has 0 bridgehead atoms. The Hall–Kier alpha value is -4.42. The number of anilines is 1. The van der Waals surface area contributed by atoms with Gasteiger partial charge >= 0.3 is 29.4 Å². The summed E-state index contributed by atoms with van der Waals surface area (Å²) in [5, 5.41) is 54.5. The number of carbonyl (C=O) groups is 5. The summed E-state index contributed by atoms with van der Waals surface area (Å²) in [7, 11) is -16.5. The first-order valence-corrected chi connectivity index (χ1v) is 27.9. The summed E-state index contributed by atoms with van der Waals surface area (Å²) in [4.78, 5) is 111. The molecule has 0 radical (unpaired) electrons. The number of ether oxygens (including phenoxy) is 1. The molecule has 1 fully saturated rings. The van der Waals surface area contributed by atoms with Crippen molar-refractivity contribution in [2.24, 2.45) is 5.41 Å². The fraction of sp³-hybridized carbons (Fsp3) is 0.561. The van der Waals surface area contributed by atoms with Crippen LogP contribution in [0.25, 0.3) is 11.2 Å². The van der Waals surface area contributed by atoms with Crippen molar-refractivity contribution in [1.82, 2.24) is 30.2 Å². The normalized spacial score (nSPS) is 20.5. The largest absolute Gasteiger partial charge is 0.481 e. The average Bonchev–Trinajstić information content (AvgIpc) is 3.86. The lowest BCUT2D eigenvalue weighted by atomic mass is 9.87. The topological polar surface area (TPSA) is 458 Å². The van der Waals surface area contributed by atoms with Crippen molar-refractivity contribution in [3.05, 3.63) is 61.3 Å². The number of nitrogen functional groups attached to an aromatic ring is 1. The number of nitrogens with zero attached hydrogens (tertiary/aromatic N) is 4. The van der Waals surface area contributed by atoms with Crippen LogP contribution in [-0.2, 0) is 60.3 Å². The fourth-order valence-corrected chi connectivity index (χ4v) is 9.87. The number of carboxylic acid groups (broad SMARTS) is 1. The summed E-state index contributed by atoms with van der Waals surface area (Å²) in [6.07, 6.45) is 5.39. The molecule has 1 aliphatic heterocycles. The third kappa shape index (κ3) is 23.6. The second kappa shape index (κ2) is 30.4. The summed E-state index contributed by atoms with van der Waals surface area (Å²) in [6, 6.07) is 0. The molecule has 3 heterocycles. The number of phosphoric acid groups is 3. The minimum atomic E-state index is -5.62. The van der Waals surface area contributed by atoms with E-state index in [0.29, 0.717) is 19.3 Å². The molecule has 9 atom stereocenters. The number of aliphatic hydroxyl groups is 4. The highest BCUT2D eigenvalue weighted by Gasteiger charge is 2.50. The van der Waals surface area contributed by atoms with Gasteiger partial charge in [-0.2, -0.15) is 4.31 Å². The Balaban J connectivity index is 1.31. The number of rotatable bonds is 34. The van der Waals surface area contributed by atoms with Crippen molar-refractivity contribution in [3.8, 4) is 0 Å². The Labute approximate surface area is 427 Å². The molecule has 13 N–H and O–H groups in total. The van der Waals surface area contributed by atoms with Gasteiger partial charge in [0.15, 0.2) is 22.8 Å². The van der Waals surface area contributed by atoms with E-state index < -0.39 is 108 Å². The third-order valence-electron chi connectivity index (χ3n) is 10.1. The van der Waals surface area contributed by atoms with Crippen LogP contribution in [0.1, 0.15) is 71.4 Å². The van der Waals surface area contributed by atoms with Crippen molar-refractivity contribution in [2.45, 2.75) is 108 Å². The highest BCUT2D eigenvalue weighted by atomic mass is 32.2. The quantitative estimate of drug-likeness (QED) is 0.0153. The SMILES string of the molecule is CC(C)(COP(=O)(O)OP(=O)(O)OCC1OC(n2cnc3c(N)ncnc32)C(O)C1OP(=O)(O)O)C(O)C(=O)NCCC(=O)NCCSC(=O)CC(=O)CC/C=C/CC(O)/C=C/C=C/C=C/C(O)CCCC(=O)O. The van der Waals surface area contributed by atoms with Gasteiger partial charge < -0.3 is 66.2 Å². The molecule has 1 saturated heterocycles. The zero-order valence-electron chi connectivity index (χ0n) is 40.0. The number of amides is 2. The van der Waals surface area contributed by atoms with Gasteiger partial charge in [0.1, 0.15) is 42.0 Å². The lowest BCUT2D eigenvalue weighted by molar-refractivity contribution is -0.138. The monoisotopic (exact) mass is 1130 g/mol. The molecule has 414 valence electrons. The molecule has 2 amide bonds. The van der Waals surface area contributed by atoms with Crippen LogP contribution in [0.3, 0.4) is 0 Å². The first-order valence-electron chi connectivity index (χ1n) is 22.4. The van der Waals surface area contributed by atoms with Crippen LogP contribution < -0.4 is 16.4 Å². The van der Waals surface area contributed by atoms with Crippen molar-refractivity contribution in [3.63, 3.8) is 0 Å². The van der Waals surface area contributed by atoms with Gasteiger partial charge in [-0.15, -0.1) is 0 Å². The lowest BCUT2D eigenvalue weighted by Gasteiger charge is -2.30. The van der Waals surface area contributed by atoms with Crippen LogP contribution in [0.2, 0.25) is 0 Å². The van der Waals surface area contributed by atoms with Crippen LogP contribution in [0.15, 0.2) is 61.3 Å². The lowest BCUT2D eigenvalue weighted by Crippen LogP contribution is -2.46. The van der Waals surface area contributed by atoms with Crippen LogP contribution >= 0.6 is 35.2 Å². The molecule has 2 aromatic heterocycles. The maximum atomic E-state index is 12.7. The number of allylic oxidation sites excluding steroid dienone is 5. The minimum Gasteiger partial charge on any atom is -0.481 e. The molecule has 0 aromatic carbocycles. The first-order chi connectivity index (χ1) is 34.6. The Kier molecular flexibility index (Phi) is 26.2. The molecule has 9 unspecified atom stereocenters. The predicted octanol–water partition coefficient (Wildman–Crippen LogP) is 0.996. The molecule has 29 nitrogen and oxygen atoms in total. The fourth-order valence-electron chi connectivity index (χ4n) is 6.34. The van der Waals surface area contributed by atoms with E-state index in [-0.39, 0.29) is 73.7 Å². The van der Waals surface area contributed by atoms with Crippen LogP contribution in [0, 0.1) is 5.41 Å². The van der Waals surface area contributed by atoms with Gasteiger partial charge in [0, 0.05) is 43.5 Å². The number of aliphatic carboxylic acids is 1. The van der Waals surface area contributed by atoms with Crippen molar-refractivity contribution < 1.29 is 105 Å². The van der Waals surface area contributed by atoms with E-state index in [2.05, 4.69) is 34.4 Å². The molecular weight excluding hydrogens is 1070 g/mol. The molecule has 0 saturated carbocycles. The van der Waals surface area contributed by atoms with Gasteiger partial charge in [-0.25, -0.2) is 28.6 Å². The minimum absolute atomic E-state index is 0.0119. The van der Waals surface area contributed by atoms with E-state index in [1.807, 2.05) is 0 Å². The molecule has 0 spiro atoms. The summed E-state index contributed by atoms with van der Waals surface area (Å²) in [6.45, 7) is 0.116. The molecule has 2 aromatic rings. The van der Waals surface area contributed by atoms with Crippen LogP contribution in [0.4, 0.5) is 5.82 Å². The summed E-state index contributed by atoms with van der Waals surface area (Å²) >= 11 is 0.843. The van der Waals surface area contributed by atoms with Crippen molar-refractivity contribution >= 4 is 80.9 Å². The van der Waals surface area contributed by atoms with E-state index in [9.17, 15) is 77.7 Å². The number of aromatic nitrogens is 4. The number of hydrogen-bond donors (Lipinski definition) is 12. The standard InChI is InChI=1S/C41H62N7O22P3S/c1-41(2,23-67-73(64,65)70-72(62,63)66-22-29-35(69-71(59,60)61)34(56)40(68-29)48-25-47-33-37(42)45-24-46-38(33)48)36(57)39(58)44-18-17-30(52)43-19-20-74-32(55)21-28(51)14-9-5-8-13-26(49)11-6-3-4-7-12-27(50)15-10-16-31(53)54/h3-8,11-12,24-27,29,34-36,40,49-50,56-57H,9-10,13-23H2,1-2H3,(H,43,52)(H,44,58)(H,53,54)(H,62,63)(H,64,65)(H2,42,45,46)(H2,59,60,61)/b4-3+,8-5+,11-6+,12-7+. The van der Waals surface area contributed by atoms with Crippen molar-refractivity contribution in [1.29, 1.82) is 0 Å². The third-order valence-corrected chi connectivity index (χ3v) is 14.1. The number of fused-ring (bicyclic) bond motifs is 1. The maximum Gasteiger partial charge on any atom is 0.481 e. The smallest absolute Gasteiger partial charge is 0.481 e. The number of nitrogens with one attached hydrogen (secondary N) is 2. The van der Waals surface area contributed by atoms with Gasteiger partial charge in [0.2, 0.25) is 11.8 Å². The number of phosphoric ester groups is 3. The number of Topliss-reactive ketones (excluding diaryl/α,β-unsaturated/α-hetero) is 1. The highest BCUT2D eigenvalue weighted by molar-refractivity contribution is 8.13. The second-order valence-electron chi connectivity index (χ2n) is 16.8. The molecule has 74 heavy (non-hydrogen) atoms. The zero-order chi connectivity index (χ0) is 55.3. The predicted molar refractivity (Wildman–Crippen MR) is 261 cm³/mol. The van der Waals surface area contributed by atoms with Gasteiger partial charge in [0.25, 0.3) is 0 Å². The van der Waals surface area contributed by atoms with Crippen LogP contribution in [-0.4, -0.2) is 162 Å².